The van der Waals surface area contributed by atoms with Crippen molar-refractivity contribution in [3.63, 3.8) is 0 Å². The van der Waals surface area contributed by atoms with Crippen LogP contribution in [0.1, 0.15) is 35.2 Å². The summed E-state index contributed by atoms with van der Waals surface area (Å²) in [6.07, 6.45) is 2.48. The average molecular weight is 312 g/mol. The molecule has 0 aromatic heterocycles. The second-order valence-electron chi connectivity index (χ2n) is 5.06. The molecule has 2 rings (SSSR count). The zero-order valence-electron chi connectivity index (χ0n) is 10.4. The van der Waals surface area contributed by atoms with Crippen LogP contribution < -0.4 is 5.32 Å². The average Bonchev–Trinajstić information content (AvgIpc) is 2.70. The largest absolute Gasteiger partial charge is 0.393 e. The highest BCUT2D eigenvalue weighted by atomic mass is 79.9. The number of carbonyl (C=O) groups is 1. The SMILES string of the molecule is Cc1cc(Br)cc(C(=O)NCC2CCC(O)C2)c1. The number of rotatable bonds is 3. The van der Waals surface area contributed by atoms with Crippen molar-refractivity contribution in [1.82, 2.24) is 5.32 Å². The first-order chi connectivity index (χ1) is 8.54. The Morgan fingerprint density at radius 1 is 1.44 bits per heavy atom. The van der Waals surface area contributed by atoms with Gasteiger partial charge in [0.2, 0.25) is 0 Å². The molecule has 0 aliphatic heterocycles. The Labute approximate surface area is 116 Å². The number of halogens is 1. The number of aliphatic hydroxyl groups is 1. The number of hydrogen-bond acceptors (Lipinski definition) is 2. The predicted octanol–water partition coefficient (Wildman–Crippen LogP) is 2.65. The molecule has 1 aromatic carbocycles. The van der Waals surface area contributed by atoms with Gasteiger partial charge in [0.25, 0.3) is 5.91 Å². The molecule has 1 amide bonds. The Morgan fingerprint density at radius 2 is 2.22 bits per heavy atom. The van der Waals surface area contributed by atoms with Crippen LogP contribution >= 0.6 is 15.9 Å². The summed E-state index contributed by atoms with van der Waals surface area (Å²) in [5.74, 6) is 0.373. The Balaban J connectivity index is 1.91. The van der Waals surface area contributed by atoms with Crippen LogP contribution in [0.2, 0.25) is 0 Å². The lowest BCUT2D eigenvalue weighted by Gasteiger charge is -2.11. The minimum absolute atomic E-state index is 0.0409. The Hall–Kier alpha value is -0.870. The monoisotopic (exact) mass is 311 g/mol. The first-order valence-electron chi connectivity index (χ1n) is 6.28. The molecule has 0 spiro atoms. The molecule has 2 atom stereocenters. The highest BCUT2D eigenvalue weighted by molar-refractivity contribution is 9.10. The third kappa shape index (κ3) is 3.56. The Kier molecular flexibility index (Phi) is 4.40. The summed E-state index contributed by atoms with van der Waals surface area (Å²) < 4.78 is 0.920. The van der Waals surface area contributed by atoms with Crippen molar-refractivity contribution in [2.75, 3.05) is 6.54 Å². The summed E-state index contributed by atoms with van der Waals surface area (Å²) in [7, 11) is 0. The highest BCUT2D eigenvalue weighted by Crippen LogP contribution is 2.24. The van der Waals surface area contributed by atoms with Crippen LogP contribution in [0.15, 0.2) is 22.7 Å². The van der Waals surface area contributed by atoms with Crippen molar-refractivity contribution in [2.45, 2.75) is 32.3 Å². The van der Waals surface area contributed by atoms with Crippen LogP contribution in [0.3, 0.4) is 0 Å². The van der Waals surface area contributed by atoms with Crippen LogP contribution in [0.4, 0.5) is 0 Å². The lowest BCUT2D eigenvalue weighted by Crippen LogP contribution is -2.28. The molecule has 1 aromatic rings. The molecule has 1 aliphatic rings. The molecule has 0 bridgehead atoms. The lowest BCUT2D eigenvalue weighted by molar-refractivity contribution is 0.0945. The Morgan fingerprint density at radius 3 is 2.83 bits per heavy atom. The van der Waals surface area contributed by atoms with E-state index in [1.165, 1.54) is 0 Å². The molecule has 1 saturated carbocycles. The van der Waals surface area contributed by atoms with Crippen molar-refractivity contribution >= 4 is 21.8 Å². The van der Waals surface area contributed by atoms with Crippen LogP contribution in [-0.2, 0) is 0 Å². The zero-order chi connectivity index (χ0) is 13.1. The number of nitrogens with one attached hydrogen (secondary N) is 1. The van der Waals surface area contributed by atoms with E-state index in [4.69, 9.17) is 0 Å². The molecule has 0 saturated heterocycles. The molecule has 3 nitrogen and oxygen atoms in total. The lowest BCUT2D eigenvalue weighted by atomic mass is 10.1. The summed E-state index contributed by atoms with van der Waals surface area (Å²) in [4.78, 5) is 12.0. The van der Waals surface area contributed by atoms with E-state index >= 15 is 0 Å². The topological polar surface area (TPSA) is 49.3 Å². The van der Waals surface area contributed by atoms with E-state index in [0.717, 1.165) is 29.3 Å². The van der Waals surface area contributed by atoms with Gasteiger partial charge in [0.1, 0.15) is 0 Å². The van der Waals surface area contributed by atoms with Crippen molar-refractivity contribution in [1.29, 1.82) is 0 Å². The van der Waals surface area contributed by atoms with Gasteiger partial charge in [-0.2, -0.15) is 0 Å². The van der Waals surface area contributed by atoms with Crippen LogP contribution in [-0.4, -0.2) is 23.7 Å². The number of aliphatic hydroxyl groups excluding tert-OH is 1. The molecule has 18 heavy (non-hydrogen) atoms. The molecule has 4 heteroatoms. The molecular formula is C14H18BrNO2. The maximum Gasteiger partial charge on any atom is 0.251 e. The quantitative estimate of drug-likeness (QED) is 0.901. The second kappa shape index (κ2) is 5.85. The van der Waals surface area contributed by atoms with Crippen molar-refractivity contribution in [3.8, 4) is 0 Å². The van der Waals surface area contributed by atoms with E-state index < -0.39 is 0 Å². The van der Waals surface area contributed by atoms with Crippen molar-refractivity contribution in [2.24, 2.45) is 5.92 Å². The van der Waals surface area contributed by atoms with Gasteiger partial charge in [0.15, 0.2) is 0 Å². The summed E-state index contributed by atoms with van der Waals surface area (Å²) in [6.45, 7) is 2.62. The molecule has 1 aliphatic carbocycles. The summed E-state index contributed by atoms with van der Waals surface area (Å²) in [5, 5.41) is 12.4. The fraction of sp³-hybridized carbons (Fsp3) is 0.500. The maximum absolute atomic E-state index is 12.0. The van der Waals surface area contributed by atoms with Gasteiger partial charge in [0, 0.05) is 16.6 Å². The number of amides is 1. The predicted molar refractivity (Wildman–Crippen MR) is 74.6 cm³/mol. The van der Waals surface area contributed by atoms with E-state index in [9.17, 15) is 9.90 Å². The third-order valence-corrected chi connectivity index (χ3v) is 3.83. The fourth-order valence-electron chi connectivity index (χ4n) is 2.44. The van der Waals surface area contributed by atoms with Gasteiger partial charge in [-0.1, -0.05) is 15.9 Å². The molecule has 98 valence electrons. The number of carbonyl (C=O) groups excluding carboxylic acids is 1. The van der Waals surface area contributed by atoms with Crippen molar-refractivity contribution < 1.29 is 9.90 Å². The van der Waals surface area contributed by atoms with Gasteiger partial charge in [-0.05, 0) is 55.9 Å². The molecular weight excluding hydrogens is 294 g/mol. The number of hydrogen-bond donors (Lipinski definition) is 2. The molecule has 2 N–H and O–H groups in total. The van der Waals surface area contributed by atoms with E-state index in [2.05, 4.69) is 21.2 Å². The second-order valence-corrected chi connectivity index (χ2v) is 5.98. The van der Waals surface area contributed by atoms with Crippen LogP contribution in [0, 0.1) is 12.8 Å². The van der Waals surface area contributed by atoms with E-state index in [1.54, 1.807) is 0 Å². The van der Waals surface area contributed by atoms with Gasteiger partial charge in [-0.25, -0.2) is 0 Å². The highest BCUT2D eigenvalue weighted by Gasteiger charge is 2.23. The summed E-state index contributed by atoms with van der Waals surface area (Å²) >= 11 is 3.39. The molecule has 1 fully saturated rings. The van der Waals surface area contributed by atoms with Gasteiger partial charge in [-0.3, -0.25) is 4.79 Å². The van der Waals surface area contributed by atoms with E-state index in [1.807, 2.05) is 25.1 Å². The minimum Gasteiger partial charge on any atom is -0.393 e. The summed E-state index contributed by atoms with van der Waals surface area (Å²) in [5.41, 5.74) is 1.74. The first kappa shape index (κ1) is 13.6. The standard InChI is InChI=1S/C14H18BrNO2/c1-9-4-11(7-12(15)5-9)14(18)16-8-10-2-3-13(17)6-10/h4-5,7,10,13,17H,2-3,6,8H2,1H3,(H,16,18). The van der Waals surface area contributed by atoms with E-state index in [0.29, 0.717) is 18.0 Å². The number of aryl methyl sites for hydroxylation is 1. The molecule has 2 unspecified atom stereocenters. The zero-order valence-corrected chi connectivity index (χ0v) is 12.0. The fourth-order valence-corrected chi connectivity index (χ4v) is 3.05. The van der Waals surface area contributed by atoms with Gasteiger partial charge in [-0.15, -0.1) is 0 Å². The number of benzene rings is 1. The van der Waals surface area contributed by atoms with Crippen molar-refractivity contribution in [3.05, 3.63) is 33.8 Å². The van der Waals surface area contributed by atoms with Gasteiger partial charge >= 0.3 is 0 Å². The van der Waals surface area contributed by atoms with Gasteiger partial charge in [0.05, 0.1) is 6.10 Å². The smallest absolute Gasteiger partial charge is 0.251 e. The van der Waals surface area contributed by atoms with Crippen LogP contribution in [0.5, 0.6) is 0 Å². The minimum atomic E-state index is -0.181. The normalized spacial score (nSPS) is 23.1. The van der Waals surface area contributed by atoms with Crippen LogP contribution in [0.25, 0.3) is 0 Å². The maximum atomic E-state index is 12.0. The first-order valence-corrected chi connectivity index (χ1v) is 7.07. The third-order valence-electron chi connectivity index (χ3n) is 3.37. The van der Waals surface area contributed by atoms with Gasteiger partial charge < -0.3 is 10.4 Å². The molecule has 0 heterocycles. The summed E-state index contributed by atoms with van der Waals surface area (Å²) in [6, 6.07) is 5.68. The molecule has 0 radical (unpaired) electrons. The van der Waals surface area contributed by atoms with E-state index in [-0.39, 0.29) is 12.0 Å². The Bertz CT molecular complexity index is 427.